The normalized spacial score (nSPS) is 15.0. The minimum atomic E-state index is 0.109. The predicted octanol–water partition coefficient (Wildman–Crippen LogP) is 3.02. The minimum Gasteiger partial charge on any atom is -0.493 e. The van der Waals surface area contributed by atoms with Crippen LogP contribution in [-0.2, 0) is 0 Å². The summed E-state index contributed by atoms with van der Waals surface area (Å²) in [4.78, 5) is 0. The number of hydrogen-bond acceptors (Lipinski definition) is 3. The van der Waals surface area contributed by atoms with E-state index in [-0.39, 0.29) is 6.10 Å². The summed E-state index contributed by atoms with van der Waals surface area (Å²) in [5.74, 6) is 2.23. The Morgan fingerprint density at radius 2 is 1.88 bits per heavy atom. The summed E-state index contributed by atoms with van der Waals surface area (Å²) in [5.41, 5.74) is 0. The van der Waals surface area contributed by atoms with Gasteiger partial charge in [-0.15, -0.1) is 0 Å². The van der Waals surface area contributed by atoms with Crippen LogP contribution in [0.1, 0.15) is 26.7 Å². The van der Waals surface area contributed by atoms with Gasteiger partial charge in [0.25, 0.3) is 0 Å². The average molecular weight is 222 g/mol. The smallest absolute Gasteiger partial charge is 0.203 e. The number of ether oxygens (including phenoxy) is 3. The van der Waals surface area contributed by atoms with Crippen molar-refractivity contribution in [1.29, 1.82) is 0 Å². The summed E-state index contributed by atoms with van der Waals surface area (Å²) in [6.45, 7) is 3.99. The number of methoxy groups -OCH3 is 1. The third-order valence-electron chi connectivity index (χ3n) is 2.33. The molecule has 3 nitrogen and oxygen atoms in total. The van der Waals surface area contributed by atoms with Gasteiger partial charge in [0.05, 0.1) is 19.3 Å². The van der Waals surface area contributed by atoms with Crippen LogP contribution in [0.15, 0.2) is 18.2 Å². The molecule has 0 radical (unpaired) electrons. The molecule has 0 N–H and O–H groups in total. The first kappa shape index (κ1) is 11.1. The lowest BCUT2D eigenvalue weighted by molar-refractivity contribution is 0.207. The summed E-state index contributed by atoms with van der Waals surface area (Å²) < 4.78 is 16.8. The molecule has 0 aromatic heterocycles. The summed E-state index contributed by atoms with van der Waals surface area (Å²) in [5, 5.41) is 0. The van der Waals surface area contributed by atoms with Gasteiger partial charge in [-0.2, -0.15) is 0 Å². The number of rotatable bonds is 5. The standard InChI is InChI=1S/C13H18O3/c1-9(2)15-13-11(14-3)5-4-6-12(13)16-10-7-8-10/h4-6,9-10H,7-8H2,1-3H3. The highest BCUT2D eigenvalue weighted by molar-refractivity contribution is 5.51. The van der Waals surface area contributed by atoms with E-state index in [4.69, 9.17) is 14.2 Å². The molecular weight excluding hydrogens is 204 g/mol. The lowest BCUT2D eigenvalue weighted by Gasteiger charge is -2.17. The van der Waals surface area contributed by atoms with Crippen molar-refractivity contribution < 1.29 is 14.2 Å². The van der Waals surface area contributed by atoms with Gasteiger partial charge in [-0.05, 0) is 38.8 Å². The van der Waals surface area contributed by atoms with Crippen LogP contribution in [0.2, 0.25) is 0 Å². The zero-order valence-electron chi connectivity index (χ0n) is 10.0. The Hall–Kier alpha value is -1.38. The second kappa shape index (κ2) is 4.64. The molecule has 1 aliphatic carbocycles. The van der Waals surface area contributed by atoms with Crippen LogP contribution in [0, 0.1) is 0 Å². The summed E-state index contributed by atoms with van der Waals surface area (Å²) in [6, 6.07) is 5.74. The topological polar surface area (TPSA) is 27.7 Å². The Morgan fingerprint density at radius 1 is 1.19 bits per heavy atom. The van der Waals surface area contributed by atoms with E-state index in [9.17, 15) is 0 Å². The molecule has 0 amide bonds. The molecule has 1 aromatic rings. The van der Waals surface area contributed by atoms with Crippen LogP contribution in [-0.4, -0.2) is 19.3 Å². The molecule has 0 bridgehead atoms. The molecule has 0 spiro atoms. The Bertz CT molecular complexity index is 356. The van der Waals surface area contributed by atoms with E-state index in [1.165, 1.54) is 0 Å². The molecule has 1 fully saturated rings. The summed E-state index contributed by atoms with van der Waals surface area (Å²) >= 11 is 0. The molecule has 0 saturated heterocycles. The van der Waals surface area contributed by atoms with E-state index in [2.05, 4.69) is 0 Å². The quantitative estimate of drug-likeness (QED) is 0.766. The molecule has 88 valence electrons. The van der Waals surface area contributed by atoms with Gasteiger partial charge in [0, 0.05) is 0 Å². The molecule has 0 aliphatic heterocycles. The van der Waals surface area contributed by atoms with Crippen LogP contribution < -0.4 is 14.2 Å². The van der Waals surface area contributed by atoms with Crippen molar-refractivity contribution in [1.82, 2.24) is 0 Å². The Kier molecular flexibility index (Phi) is 3.22. The van der Waals surface area contributed by atoms with Gasteiger partial charge in [-0.25, -0.2) is 0 Å². The van der Waals surface area contributed by atoms with Gasteiger partial charge in [-0.3, -0.25) is 0 Å². The molecule has 2 rings (SSSR count). The maximum Gasteiger partial charge on any atom is 0.203 e. The monoisotopic (exact) mass is 222 g/mol. The van der Waals surface area contributed by atoms with Crippen molar-refractivity contribution in [3.63, 3.8) is 0 Å². The van der Waals surface area contributed by atoms with Crippen LogP contribution in [0.3, 0.4) is 0 Å². The van der Waals surface area contributed by atoms with Crippen molar-refractivity contribution in [2.24, 2.45) is 0 Å². The first-order valence-corrected chi connectivity index (χ1v) is 5.71. The maximum absolute atomic E-state index is 5.79. The van der Waals surface area contributed by atoms with Gasteiger partial charge in [0.2, 0.25) is 5.75 Å². The van der Waals surface area contributed by atoms with Gasteiger partial charge in [0.15, 0.2) is 11.5 Å². The van der Waals surface area contributed by atoms with E-state index in [1.807, 2.05) is 32.0 Å². The zero-order chi connectivity index (χ0) is 11.5. The highest BCUT2D eigenvalue weighted by Crippen LogP contribution is 2.40. The van der Waals surface area contributed by atoms with E-state index in [0.717, 1.165) is 24.3 Å². The first-order chi connectivity index (χ1) is 7.70. The minimum absolute atomic E-state index is 0.109. The van der Waals surface area contributed by atoms with Crippen LogP contribution in [0.4, 0.5) is 0 Å². The van der Waals surface area contributed by atoms with Crippen molar-refractivity contribution in [3.8, 4) is 17.2 Å². The van der Waals surface area contributed by atoms with Gasteiger partial charge < -0.3 is 14.2 Å². The largest absolute Gasteiger partial charge is 0.493 e. The third kappa shape index (κ3) is 2.60. The molecule has 3 heteroatoms. The fraction of sp³-hybridized carbons (Fsp3) is 0.538. The van der Waals surface area contributed by atoms with Crippen LogP contribution >= 0.6 is 0 Å². The van der Waals surface area contributed by atoms with Crippen molar-refractivity contribution >= 4 is 0 Å². The number of benzene rings is 1. The second-order valence-electron chi connectivity index (χ2n) is 4.27. The SMILES string of the molecule is COc1cccc(OC2CC2)c1OC(C)C. The lowest BCUT2D eigenvalue weighted by atomic mass is 10.3. The van der Waals surface area contributed by atoms with Gasteiger partial charge >= 0.3 is 0 Å². The number of hydrogen-bond donors (Lipinski definition) is 0. The first-order valence-electron chi connectivity index (χ1n) is 5.71. The average Bonchev–Trinajstić information content (AvgIpc) is 3.04. The highest BCUT2D eigenvalue weighted by atomic mass is 16.5. The molecule has 1 aliphatic rings. The molecular formula is C13H18O3. The lowest BCUT2D eigenvalue weighted by Crippen LogP contribution is -2.09. The summed E-state index contributed by atoms with van der Waals surface area (Å²) in [6.07, 6.45) is 2.75. The van der Waals surface area contributed by atoms with Crippen molar-refractivity contribution in [2.75, 3.05) is 7.11 Å². The van der Waals surface area contributed by atoms with Crippen LogP contribution in [0.25, 0.3) is 0 Å². The van der Waals surface area contributed by atoms with E-state index in [1.54, 1.807) is 7.11 Å². The molecule has 16 heavy (non-hydrogen) atoms. The molecule has 1 saturated carbocycles. The van der Waals surface area contributed by atoms with Crippen LogP contribution in [0.5, 0.6) is 17.2 Å². The second-order valence-corrected chi connectivity index (χ2v) is 4.27. The molecule has 1 aromatic carbocycles. The fourth-order valence-corrected chi connectivity index (χ4v) is 1.47. The highest BCUT2D eigenvalue weighted by Gasteiger charge is 2.26. The Labute approximate surface area is 96.3 Å². The fourth-order valence-electron chi connectivity index (χ4n) is 1.47. The third-order valence-corrected chi connectivity index (χ3v) is 2.33. The van der Waals surface area contributed by atoms with Gasteiger partial charge in [0.1, 0.15) is 0 Å². The van der Waals surface area contributed by atoms with E-state index < -0.39 is 0 Å². The maximum atomic E-state index is 5.79. The molecule has 0 unspecified atom stereocenters. The Morgan fingerprint density at radius 3 is 2.44 bits per heavy atom. The van der Waals surface area contributed by atoms with Gasteiger partial charge in [-0.1, -0.05) is 6.07 Å². The van der Waals surface area contributed by atoms with Crippen molar-refractivity contribution in [3.05, 3.63) is 18.2 Å². The number of para-hydroxylation sites is 1. The Balaban J connectivity index is 2.25. The van der Waals surface area contributed by atoms with E-state index in [0.29, 0.717) is 11.9 Å². The van der Waals surface area contributed by atoms with E-state index >= 15 is 0 Å². The molecule has 0 atom stereocenters. The van der Waals surface area contributed by atoms with Crippen molar-refractivity contribution in [2.45, 2.75) is 38.9 Å². The zero-order valence-corrected chi connectivity index (χ0v) is 10.0. The summed E-state index contributed by atoms with van der Waals surface area (Å²) in [7, 11) is 1.64. The predicted molar refractivity (Wildman–Crippen MR) is 62.4 cm³/mol. The molecule has 0 heterocycles.